The highest BCUT2D eigenvalue weighted by Crippen LogP contribution is 2.14. The number of carbonyl (C=O) groups excluding carboxylic acids is 1. The number of hydrogen-bond acceptors (Lipinski definition) is 5. The van der Waals surface area contributed by atoms with E-state index < -0.39 is 0 Å². The molecule has 6 heteroatoms. The zero-order valence-electron chi connectivity index (χ0n) is 12.4. The summed E-state index contributed by atoms with van der Waals surface area (Å²) in [6.07, 6.45) is 1.19. The summed E-state index contributed by atoms with van der Waals surface area (Å²) < 4.78 is 10.5. The van der Waals surface area contributed by atoms with Crippen molar-refractivity contribution in [3.63, 3.8) is 0 Å². The molecule has 0 spiro atoms. The standard InChI is InChI=1S/C14H23N3O3/c1-9(6-13-10(2)17-20-11(13)3)16-14(18)7-12-8-19-5-4-15-12/h9,12,15H,4-8H2,1-3H3,(H,16,18). The smallest absolute Gasteiger partial charge is 0.221 e. The van der Waals surface area contributed by atoms with E-state index in [1.807, 2.05) is 20.8 Å². The Morgan fingerprint density at radius 1 is 1.55 bits per heavy atom. The van der Waals surface area contributed by atoms with Gasteiger partial charge in [0.15, 0.2) is 0 Å². The number of amides is 1. The first-order chi connectivity index (χ1) is 9.56. The maximum absolute atomic E-state index is 12.0. The van der Waals surface area contributed by atoms with Crippen molar-refractivity contribution in [3.8, 4) is 0 Å². The quantitative estimate of drug-likeness (QED) is 0.831. The van der Waals surface area contributed by atoms with E-state index in [4.69, 9.17) is 9.26 Å². The Hall–Kier alpha value is -1.40. The van der Waals surface area contributed by atoms with E-state index in [2.05, 4.69) is 15.8 Å². The monoisotopic (exact) mass is 281 g/mol. The molecule has 0 aliphatic carbocycles. The number of rotatable bonds is 5. The van der Waals surface area contributed by atoms with Crippen LogP contribution in [-0.2, 0) is 16.0 Å². The summed E-state index contributed by atoms with van der Waals surface area (Å²) in [4.78, 5) is 12.0. The van der Waals surface area contributed by atoms with Gasteiger partial charge in [-0.1, -0.05) is 5.16 Å². The second-order valence-electron chi connectivity index (χ2n) is 5.41. The second kappa shape index (κ2) is 6.85. The third kappa shape index (κ3) is 4.05. The van der Waals surface area contributed by atoms with Crippen LogP contribution in [0.2, 0.25) is 0 Å². The predicted octanol–water partition coefficient (Wildman–Crippen LogP) is 0.717. The fourth-order valence-electron chi connectivity index (χ4n) is 2.46. The molecule has 1 aliphatic heterocycles. The fourth-order valence-corrected chi connectivity index (χ4v) is 2.46. The summed E-state index contributed by atoms with van der Waals surface area (Å²) in [7, 11) is 0. The van der Waals surface area contributed by atoms with Crippen molar-refractivity contribution >= 4 is 5.91 Å². The Morgan fingerprint density at radius 3 is 2.95 bits per heavy atom. The lowest BCUT2D eigenvalue weighted by Gasteiger charge is -2.24. The summed E-state index contributed by atoms with van der Waals surface area (Å²) in [5.74, 6) is 0.873. The van der Waals surface area contributed by atoms with Crippen LogP contribution in [0.25, 0.3) is 0 Å². The number of carbonyl (C=O) groups is 1. The molecule has 2 heterocycles. The van der Waals surface area contributed by atoms with E-state index in [0.29, 0.717) is 13.0 Å². The van der Waals surface area contributed by atoms with Crippen LogP contribution in [0.1, 0.15) is 30.4 Å². The van der Waals surface area contributed by atoms with Gasteiger partial charge in [0.25, 0.3) is 0 Å². The average molecular weight is 281 g/mol. The lowest BCUT2D eigenvalue weighted by atomic mass is 10.1. The van der Waals surface area contributed by atoms with Gasteiger partial charge in [-0.05, 0) is 27.2 Å². The number of nitrogens with one attached hydrogen (secondary N) is 2. The third-order valence-corrected chi connectivity index (χ3v) is 3.53. The van der Waals surface area contributed by atoms with Crippen LogP contribution in [0.15, 0.2) is 4.52 Å². The molecule has 0 radical (unpaired) electrons. The van der Waals surface area contributed by atoms with Gasteiger partial charge in [0.2, 0.25) is 5.91 Å². The molecule has 1 aliphatic rings. The van der Waals surface area contributed by atoms with Gasteiger partial charge in [-0.2, -0.15) is 0 Å². The summed E-state index contributed by atoms with van der Waals surface area (Å²) in [6, 6.07) is 0.179. The maximum atomic E-state index is 12.0. The Morgan fingerprint density at radius 2 is 2.35 bits per heavy atom. The molecule has 6 nitrogen and oxygen atoms in total. The Kier molecular flexibility index (Phi) is 5.14. The number of ether oxygens (including phenoxy) is 1. The van der Waals surface area contributed by atoms with Crippen molar-refractivity contribution in [1.82, 2.24) is 15.8 Å². The van der Waals surface area contributed by atoms with E-state index in [1.54, 1.807) is 0 Å². The van der Waals surface area contributed by atoms with E-state index in [-0.39, 0.29) is 18.0 Å². The molecule has 2 N–H and O–H groups in total. The van der Waals surface area contributed by atoms with Gasteiger partial charge in [-0.15, -0.1) is 0 Å². The third-order valence-electron chi connectivity index (χ3n) is 3.53. The van der Waals surface area contributed by atoms with Gasteiger partial charge >= 0.3 is 0 Å². The number of morpholine rings is 1. The second-order valence-corrected chi connectivity index (χ2v) is 5.41. The van der Waals surface area contributed by atoms with Crippen molar-refractivity contribution in [2.45, 2.75) is 45.7 Å². The molecule has 1 amide bonds. The molecule has 2 unspecified atom stereocenters. The van der Waals surface area contributed by atoms with Crippen LogP contribution < -0.4 is 10.6 Å². The number of aromatic nitrogens is 1. The minimum Gasteiger partial charge on any atom is -0.378 e. The molecule has 0 aromatic carbocycles. The molecule has 1 fully saturated rings. The Balaban J connectivity index is 1.78. The topological polar surface area (TPSA) is 76.4 Å². The lowest BCUT2D eigenvalue weighted by molar-refractivity contribution is -0.122. The summed E-state index contributed by atoms with van der Waals surface area (Å²) in [6.45, 7) is 7.95. The molecular formula is C14H23N3O3. The van der Waals surface area contributed by atoms with Crippen LogP contribution in [0.4, 0.5) is 0 Å². The van der Waals surface area contributed by atoms with Gasteiger partial charge in [-0.3, -0.25) is 4.79 Å². The molecule has 1 aromatic heterocycles. The van der Waals surface area contributed by atoms with E-state index in [1.165, 1.54) is 0 Å². The van der Waals surface area contributed by atoms with E-state index in [9.17, 15) is 4.79 Å². The molecule has 1 saturated heterocycles. The highest BCUT2D eigenvalue weighted by Gasteiger charge is 2.19. The lowest BCUT2D eigenvalue weighted by Crippen LogP contribution is -2.45. The van der Waals surface area contributed by atoms with Crippen LogP contribution in [0.3, 0.4) is 0 Å². The highest BCUT2D eigenvalue weighted by atomic mass is 16.5. The van der Waals surface area contributed by atoms with Gasteiger partial charge < -0.3 is 19.9 Å². The van der Waals surface area contributed by atoms with Crippen LogP contribution >= 0.6 is 0 Å². The molecule has 20 heavy (non-hydrogen) atoms. The molecular weight excluding hydrogens is 258 g/mol. The SMILES string of the molecule is Cc1noc(C)c1CC(C)NC(=O)CC1COCCN1. The van der Waals surface area contributed by atoms with Crippen molar-refractivity contribution in [2.75, 3.05) is 19.8 Å². The van der Waals surface area contributed by atoms with Crippen LogP contribution in [0.5, 0.6) is 0 Å². The molecule has 2 rings (SSSR count). The molecule has 0 saturated carbocycles. The first kappa shape index (κ1) is 15.0. The van der Waals surface area contributed by atoms with Crippen molar-refractivity contribution < 1.29 is 14.1 Å². The normalized spacial score (nSPS) is 20.6. The maximum Gasteiger partial charge on any atom is 0.221 e. The predicted molar refractivity (Wildman–Crippen MR) is 74.5 cm³/mol. The highest BCUT2D eigenvalue weighted by molar-refractivity contribution is 5.76. The van der Waals surface area contributed by atoms with Crippen molar-refractivity contribution in [1.29, 1.82) is 0 Å². The molecule has 2 atom stereocenters. The zero-order valence-corrected chi connectivity index (χ0v) is 12.4. The van der Waals surface area contributed by atoms with Crippen LogP contribution in [0, 0.1) is 13.8 Å². The number of aryl methyl sites for hydroxylation is 2. The molecule has 0 bridgehead atoms. The Bertz CT molecular complexity index is 433. The van der Waals surface area contributed by atoms with Gasteiger partial charge in [0, 0.05) is 30.6 Å². The zero-order chi connectivity index (χ0) is 14.5. The molecule has 1 aromatic rings. The minimum absolute atomic E-state index is 0.0484. The summed E-state index contributed by atoms with van der Waals surface area (Å²) in [5.41, 5.74) is 1.97. The van der Waals surface area contributed by atoms with E-state index in [0.717, 1.165) is 36.6 Å². The first-order valence-electron chi connectivity index (χ1n) is 7.08. The van der Waals surface area contributed by atoms with Gasteiger partial charge in [0.1, 0.15) is 5.76 Å². The first-order valence-corrected chi connectivity index (χ1v) is 7.08. The average Bonchev–Trinajstić information content (AvgIpc) is 2.71. The fraction of sp³-hybridized carbons (Fsp3) is 0.714. The number of nitrogens with zero attached hydrogens (tertiary/aromatic N) is 1. The van der Waals surface area contributed by atoms with Gasteiger partial charge in [-0.25, -0.2) is 0 Å². The largest absolute Gasteiger partial charge is 0.378 e. The van der Waals surface area contributed by atoms with E-state index >= 15 is 0 Å². The van der Waals surface area contributed by atoms with Crippen molar-refractivity contribution in [3.05, 3.63) is 17.0 Å². The van der Waals surface area contributed by atoms with Crippen LogP contribution in [-0.4, -0.2) is 42.9 Å². The van der Waals surface area contributed by atoms with Crippen molar-refractivity contribution in [2.24, 2.45) is 0 Å². The van der Waals surface area contributed by atoms with Gasteiger partial charge in [0.05, 0.1) is 18.9 Å². The number of hydrogen-bond donors (Lipinski definition) is 2. The minimum atomic E-state index is 0.0484. The molecule has 112 valence electrons. The Labute approximate surface area is 119 Å². The summed E-state index contributed by atoms with van der Waals surface area (Å²) >= 11 is 0. The summed E-state index contributed by atoms with van der Waals surface area (Å²) in [5, 5.41) is 10.2.